The van der Waals surface area contributed by atoms with Crippen molar-refractivity contribution in [1.29, 1.82) is 0 Å². The van der Waals surface area contributed by atoms with Gasteiger partial charge in [-0.3, -0.25) is 5.73 Å². The number of hydrogen-bond donors (Lipinski definition) is 2. The zero-order valence-corrected chi connectivity index (χ0v) is 17.5. The molecule has 0 aliphatic carbocycles. The zero-order chi connectivity index (χ0) is 22.6. The van der Waals surface area contributed by atoms with Crippen LogP contribution in [0.4, 0.5) is 8.78 Å². The van der Waals surface area contributed by atoms with Gasteiger partial charge >= 0.3 is 6.02 Å². The summed E-state index contributed by atoms with van der Waals surface area (Å²) in [6, 6.07) is 12.1. The lowest BCUT2D eigenvalue weighted by Crippen LogP contribution is -2.85. The van der Waals surface area contributed by atoms with Crippen LogP contribution in [0.25, 0.3) is 11.1 Å². The van der Waals surface area contributed by atoms with E-state index in [4.69, 9.17) is 19.9 Å². The molecule has 6 nitrogen and oxygen atoms in total. The van der Waals surface area contributed by atoms with Gasteiger partial charge in [-0.1, -0.05) is 6.07 Å². The number of nitrogens with zero attached hydrogens (tertiary/aromatic N) is 1. The molecule has 8 heteroatoms. The van der Waals surface area contributed by atoms with Crippen LogP contribution in [0.3, 0.4) is 0 Å². The second-order valence-electron chi connectivity index (χ2n) is 8.31. The first-order valence-electron chi connectivity index (χ1n) is 10.6. The summed E-state index contributed by atoms with van der Waals surface area (Å²) in [7, 11) is 0. The maximum Gasteiger partial charge on any atom is 0.441 e. The van der Waals surface area contributed by atoms with Gasteiger partial charge in [0.05, 0.1) is 24.0 Å². The molecule has 3 aliphatic heterocycles. The third-order valence-corrected chi connectivity index (χ3v) is 6.41. The van der Waals surface area contributed by atoms with E-state index in [0.29, 0.717) is 34.6 Å². The van der Waals surface area contributed by atoms with Crippen LogP contribution < -0.4 is 15.5 Å². The smallest absolute Gasteiger partial charge is 0.441 e. The highest BCUT2D eigenvalue weighted by molar-refractivity contribution is 5.71. The van der Waals surface area contributed by atoms with E-state index in [1.165, 1.54) is 12.3 Å². The molecule has 1 unspecified atom stereocenters. The fraction of sp³-hybridized carbons (Fsp3) is 0.200. The van der Waals surface area contributed by atoms with Crippen molar-refractivity contribution in [2.75, 3.05) is 13.2 Å². The summed E-state index contributed by atoms with van der Waals surface area (Å²) < 4.78 is 46.7. The first kappa shape index (κ1) is 19.7. The molecule has 0 radical (unpaired) electrons. The Morgan fingerprint density at radius 2 is 2.03 bits per heavy atom. The Kier molecular flexibility index (Phi) is 4.36. The number of aromatic nitrogens is 1. The predicted molar refractivity (Wildman–Crippen MR) is 115 cm³/mol. The van der Waals surface area contributed by atoms with E-state index in [1.54, 1.807) is 30.5 Å². The molecule has 3 N–H and O–H groups in total. The first-order chi connectivity index (χ1) is 16.0. The van der Waals surface area contributed by atoms with Crippen LogP contribution in [0, 0.1) is 11.8 Å². The summed E-state index contributed by atoms with van der Waals surface area (Å²) in [5, 5.41) is 0. The first-order valence-corrected chi connectivity index (χ1v) is 10.6. The minimum Gasteiger partial charge on any atom is -0.501 e. The van der Waals surface area contributed by atoms with Crippen LogP contribution >= 0.6 is 0 Å². The molecule has 0 amide bonds. The van der Waals surface area contributed by atoms with Crippen molar-refractivity contribution >= 4 is 6.02 Å². The normalized spacial score (nSPS) is 22.6. The average molecular weight is 448 g/mol. The SMILES string of the molecule is NC1=[NH+][C@@]2(CO1)c1cc(-c3cccnc3F)ccc1Oc1c(F)cc(C3C=COCC3)cc12. The van der Waals surface area contributed by atoms with Gasteiger partial charge < -0.3 is 14.2 Å². The number of benzene rings is 2. The highest BCUT2D eigenvalue weighted by Crippen LogP contribution is 2.48. The van der Waals surface area contributed by atoms with E-state index in [0.717, 1.165) is 12.0 Å². The Morgan fingerprint density at radius 1 is 1.12 bits per heavy atom. The van der Waals surface area contributed by atoms with Gasteiger partial charge in [0.15, 0.2) is 17.1 Å². The van der Waals surface area contributed by atoms with Gasteiger partial charge in [0.1, 0.15) is 12.4 Å². The Balaban J connectivity index is 1.56. The molecule has 6 rings (SSSR count). The van der Waals surface area contributed by atoms with E-state index in [9.17, 15) is 4.39 Å². The molecule has 3 aromatic rings. The number of pyridine rings is 1. The lowest BCUT2D eigenvalue weighted by atomic mass is 9.78. The monoisotopic (exact) mass is 448 g/mol. The zero-order valence-electron chi connectivity index (χ0n) is 17.5. The Hall–Kier alpha value is -3.94. The van der Waals surface area contributed by atoms with Gasteiger partial charge in [0, 0.05) is 17.7 Å². The Labute approximate surface area is 188 Å². The molecular weight excluding hydrogens is 428 g/mol. The second-order valence-corrected chi connectivity index (χ2v) is 8.31. The number of ether oxygens (including phenoxy) is 3. The van der Waals surface area contributed by atoms with Crippen molar-refractivity contribution in [2.24, 2.45) is 5.73 Å². The largest absolute Gasteiger partial charge is 0.501 e. The second kappa shape index (κ2) is 7.30. The summed E-state index contributed by atoms with van der Waals surface area (Å²) in [4.78, 5) is 6.96. The third kappa shape index (κ3) is 3.05. The average Bonchev–Trinajstić information content (AvgIpc) is 3.23. The van der Waals surface area contributed by atoms with E-state index < -0.39 is 17.3 Å². The number of fused-ring (bicyclic) bond motifs is 4. The number of halogens is 2. The summed E-state index contributed by atoms with van der Waals surface area (Å²) in [5.74, 6) is -0.476. The molecule has 4 heterocycles. The summed E-state index contributed by atoms with van der Waals surface area (Å²) in [5.41, 5.74) is 8.03. The van der Waals surface area contributed by atoms with Crippen LogP contribution in [0.5, 0.6) is 11.5 Å². The lowest BCUT2D eigenvalue weighted by molar-refractivity contribution is -0.538. The highest BCUT2D eigenvalue weighted by atomic mass is 19.1. The van der Waals surface area contributed by atoms with Gasteiger partial charge in [0.2, 0.25) is 5.95 Å². The van der Waals surface area contributed by atoms with Crippen molar-refractivity contribution in [3.05, 3.63) is 89.5 Å². The van der Waals surface area contributed by atoms with Crippen LogP contribution in [0.15, 0.2) is 61.0 Å². The summed E-state index contributed by atoms with van der Waals surface area (Å²) in [6.45, 7) is 0.695. The molecule has 1 spiro atoms. The summed E-state index contributed by atoms with van der Waals surface area (Å²) in [6.07, 6.45) is 5.69. The molecule has 33 heavy (non-hydrogen) atoms. The fourth-order valence-corrected chi connectivity index (χ4v) is 4.77. The molecule has 0 saturated heterocycles. The lowest BCUT2D eigenvalue weighted by Gasteiger charge is -2.33. The standard InChI is InChI=1S/C25H19F2N3O3/c26-20-12-16(14-5-8-31-9-6-14)11-19-22(20)33-21-4-3-15(17-2-1-7-29-23(17)27)10-18(21)25(19)13-32-24(28)30-25/h1-5,7-8,10-12,14H,6,9,13H2,(H2,28,30)/p+1/t14?,25-/m0/s1. The minimum absolute atomic E-state index is 0.0106. The molecule has 3 aliphatic rings. The van der Waals surface area contributed by atoms with Crippen molar-refractivity contribution < 1.29 is 28.0 Å². The number of rotatable bonds is 2. The Bertz CT molecular complexity index is 1340. The number of amidine groups is 1. The molecule has 0 saturated carbocycles. The molecule has 0 bridgehead atoms. The van der Waals surface area contributed by atoms with Gasteiger partial charge in [-0.15, -0.1) is 0 Å². The molecular formula is C25H20F2N3O3+. The van der Waals surface area contributed by atoms with Gasteiger partial charge in [-0.2, -0.15) is 4.39 Å². The third-order valence-electron chi connectivity index (χ3n) is 6.41. The van der Waals surface area contributed by atoms with Crippen LogP contribution in [-0.4, -0.2) is 24.2 Å². The van der Waals surface area contributed by atoms with E-state index in [2.05, 4.69) is 9.98 Å². The highest BCUT2D eigenvalue weighted by Gasteiger charge is 2.51. The van der Waals surface area contributed by atoms with E-state index >= 15 is 4.39 Å². The number of nitrogens with one attached hydrogen (secondary N) is 1. The summed E-state index contributed by atoms with van der Waals surface area (Å²) >= 11 is 0. The molecule has 1 aromatic heterocycles. The number of nitrogens with two attached hydrogens (primary N) is 1. The number of hydrogen-bond acceptors (Lipinski definition) is 5. The van der Waals surface area contributed by atoms with Crippen LogP contribution in [0.1, 0.15) is 29.0 Å². The van der Waals surface area contributed by atoms with Crippen molar-refractivity contribution in [2.45, 2.75) is 17.9 Å². The molecule has 2 aromatic carbocycles. The maximum atomic E-state index is 15.4. The maximum absolute atomic E-state index is 15.4. The van der Waals surface area contributed by atoms with Crippen molar-refractivity contribution in [3.8, 4) is 22.6 Å². The minimum atomic E-state index is -0.993. The van der Waals surface area contributed by atoms with Crippen molar-refractivity contribution in [3.63, 3.8) is 0 Å². The Morgan fingerprint density at radius 3 is 2.79 bits per heavy atom. The molecule has 2 atom stereocenters. The number of allylic oxidation sites excluding steroid dienone is 1. The predicted octanol–water partition coefficient (Wildman–Crippen LogP) is 2.82. The fourth-order valence-electron chi connectivity index (χ4n) is 4.77. The van der Waals surface area contributed by atoms with Crippen LogP contribution in [0.2, 0.25) is 0 Å². The van der Waals surface area contributed by atoms with Crippen molar-refractivity contribution in [1.82, 2.24) is 4.98 Å². The quantitative estimate of drug-likeness (QED) is 0.590. The van der Waals surface area contributed by atoms with Gasteiger partial charge in [-0.05, 0) is 60.0 Å². The topological polar surface area (TPSA) is 80.6 Å². The van der Waals surface area contributed by atoms with Crippen LogP contribution in [-0.2, 0) is 15.0 Å². The van der Waals surface area contributed by atoms with E-state index in [-0.39, 0.29) is 24.3 Å². The molecule has 0 fully saturated rings. The van der Waals surface area contributed by atoms with Gasteiger partial charge in [0.25, 0.3) is 0 Å². The molecule has 166 valence electrons. The van der Waals surface area contributed by atoms with E-state index in [1.807, 2.05) is 18.2 Å². The van der Waals surface area contributed by atoms with Gasteiger partial charge in [-0.25, -0.2) is 14.4 Å².